The molecule has 20 heavy (non-hydrogen) atoms. The van der Waals surface area contributed by atoms with Crippen LogP contribution >= 0.6 is 23.2 Å². The number of hydrogen-bond donors (Lipinski definition) is 0. The van der Waals surface area contributed by atoms with Crippen LogP contribution in [0.5, 0.6) is 11.5 Å². The summed E-state index contributed by atoms with van der Waals surface area (Å²) in [5.74, 6) is 0.510. The first-order valence-corrected chi connectivity index (χ1v) is 6.26. The SMILES string of the molecule is O=C(Cl)Oc1ccccc1-c1ccccc1OC(=O)Cl. The maximum absolute atomic E-state index is 10.9. The van der Waals surface area contributed by atoms with Crippen LogP contribution in [0.4, 0.5) is 9.59 Å². The van der Waals surface area contributed by atoms with Crippen molar-refractivity contribution in [2.75, 3.05) is 0 Å². The van der Waals surface area contributed by atoms with Crippen LogP contribution in [-0.4, -0.2) is 10.9 Å². The standard InChI is InChI=1S/C14H8Cl2O4/c15-13(17)19-11-7-3-1-5-9(11)10-6-2-4-8-12(10)20-14(16)18/h1-8H. The summed E-state index contributed by atoms with van der Waals surface area (Å²) in [7, 11) is 0. The molecule has 0 heterocycles. The fraction of sp³-hybridized carbons (Fsp3) is 0. The number of rotatable bonds is 3. The van der Waals surface area contributed by atoms with E-state index in [0.29, 0.717) is 11.1 Å². The molecule has 0 saturated carbocycles. The lowest BCUT2D eigenvalue weighted by Gasteiger charge is -2.11. The molecule has 0 saturated heterocycles. The van der Waals surface area contributed by atoms with Gasteiger partial charge in [-0.05, 0) is 12.1 Å². The van der Waals surface area contributed by atoms with E-state index in [4.69, 9.17) is 32.7 Å². The van der Waals surface area contributed by atoms with Crippen molar-refractivity contribution in [2.45, 2.75) is 0 Å². The van der Waals surface area contributed by atoms with E-state index in [1.807, 2.05) is 0 Å². The zero-order valence-electron chi connectivity index (χ0n) is 10.0. The molecule has 0 bridgehead atoms. The molecule has 0 amide bonds. The highest BCUT2D eigenvalue weighted by atomic mass is 35.5. The lowest BCUT2D eigenvalue weighted by Crippen LogP contribution is -2.00. The number of hydrogen-bond acceptors (Lipinski definition) is 4. The Kier molecular flexibility index (Phi) is 4.61. The van der Waals surface area contributed by atoms with E-state index in [2.05, 4.69) is 0 Å². The summed E-state index contributed by atoms with van der Waals surface area (Å²) in [5.41, 5.74) is -0.807. The van der Waals surface area contributed by atoms with Crippen LogP contribution in [0.25, 0.3) is 11.1 Å². The Morgan fingerprint density at radius 1 is 0.700 bits per heavy atom. The van der Waals surface area contributed by atoms with Gasteiger partial charge in [0.25, 0.3) is 0 Å². The summed E-state index contributed by atoms with van der Waals surface area (Å²) in [6, 6.07) is 13.4. The predicted octanol–water partition coefficient (Wildman–Crippen LogP) is 4.83. The van der Waals surface area contributed by atoms with Gasteiger partial charge in [-0.15, -0.1) is 0 Å². The van der Waals surface area contributed by atoms with E-state index in [0.717, 1.165) is 0 Å². The highest BCUT2D eigenvalue weighted by Crippen LogP contribution is 2.36. The molecule has 0 aliphatic rings. The molecule has 0 aliphatic heterocycles. The maximum Gasteiger partial charge on any atom is 0.409 e. The lowest BCUT2D eigenvalue weighted by atomic mass is 10.0. The van der Waals surface area contributed by atoms with E-state index >= 15 is 0 Å². The number of benzene rings is 2. The second-order valence-electron chi connectivity index (χ2n) is 3.67. The highest BCUT2D eigenvalue weighted by Gasteiger charge is 2.14. The van der Waals surface area contributed by atoms with E-state index in [9.17, 15) is 9.59 Å². The summed E-state index contributed by atoms with van der Waals surface area (Å²) >= 11 is 10.5. The molecule has 0 atom stereocenters. The second kappa shape index (κ2) is 6.41. The Hall–Kier alpha value is -2.04. The Morgan fingerprint density at radius 3 is 1.40 bits per heavy atom. The van der Waals surface area contributed by atoms with Gasteiger partial charge in [0.2, 0.25) is 0 Å². The highest BCUT2D eigenvalue weighted by molar-refractivity contribution is 6.61. The molecule has 2 rings (SSSR count). The van der Waals surface area contributed by atoms with Gasteiger partial charge in [-0.1, -0.05) is 36.4 Å². The van der Waals surface area contributed by atoms with Crippen LogP contribution in [0.15, 0.2) is 48.5 Å². The zero-order chi connectivity index (χ0) is 14.5. The molecule has 0 fully saturated rings. The van der Waals surface area contributed by atoms with E-state index < -0.39 is 10.9 Å². The summed E-state index contributed by atoms with van der Waals surface area (Å²) in [5, 5.41) is 0. The van der Waals surface area contributed by atoms with E-state index in [1.54, 1.807) is 48.5 Å². The first-order chi connectivity index (χ1) is 9.58. The van der Waals surface area contributed by atoms with Crippen molar-refractivity contribution >= 4 is 34.1 Å². The fourth-order valence-corrected chi connectivity index (χ4v) is 1.90. The van der Waals surface area contributed by atoms with Crippen molar-refractivity contribution in [2.24, 2.45) is 0 Å². The third-order valence-corrected chi connectivity index (χ3v) is 2.60. The molecule has 6 heteroatoms. The van der Waals surface area contributed by atoms with Crippen LogP contribution in [0, 0.1) is 0 Å². The van der Waals surface area contributed by atoms with Gasteiger partial charge in [0.1, 0.15) is 11.5 Å². The number of carbonyl (C=O) groups excluding carboxylic acids is 2. The quantitative estimate of drug-likeness (QED) is 0.762. The van der Waals surface area contributed by atoms with Gasteiger partial charge in [-0.2, -0.15) is 0 Å². The summed E-state index contributed by atoms with van der Waals surface area (Å²) in [6.07, 6.45) is 0. The molecule has 0 N–H and O–H groups in total. The van der Waals surface area contributed by atoms with Crippen LogP contribution in [0.2, 0.25) is 0 Å². The van der Waals surface area contributed by atoms with Gasteiger partial charge in [0.05, 0.1) is 0 Å². The van der Waals surface area contributed by atoms with E-state index in [-0.39, 0.29) is 11.5 Å². The Labute approximate surface area is 124 Å². The molecule has 0 spiro atoms. The number of ether oxygens (including phenoxy) is 2. The van der Waals surface area contributed by atoms with Crippen molar-refractivity contribution in [3.63, 3.8) is 0 Å². The second-order valence-corrected chi connectivity index (χ2v) is 4.29. The average Bonchev–Trinajstić information content (AvgIpc) is 2.39. The third-order valence-electron chi connectivity index (χ3n) is 2.44. The molecule has 2 aromatic rings. The van der Waals surface area contributed by atoms with Crippen molar-refractivity contribution in [1.29, 1.82) is 0 Å². The van der Waals surface area contributed by atoms with Crippen LogP contribution in [0.3, 0.4) is 0 Å². The fourth-order valence-electron chi connectivity index (χ4n) is 1.73. The van der Waals surface area contributed by atoms with Crippen molar-refractivity contribution in [3.8, 4) is 22.6 Å². The predicted molar refractivity (Wildman–Crippen MR) is 75.6 cm³/mol. The minimum absolute atomic E-state index is 0.255. The maximum atomic E-state index is 10.9. The molecule has 0 radical (unpaired) electrons. The van der Waals surface area contributed by atoms with Gasteiger partial charge < -0.3 is 9.47 Å². The number of para-hydroxylation sites is 2. The zero-order valence-corrected chi connectivity index (χ0v) is 11.5. The first kappa shape index (κ1) is 14.4. The molecule has 0 aliphatic carbocycles. The minimum atomic E-state index is -0.954. The molecule has 2 aromatic carbocycles. The van der Waals surface area contributed by atoms with Crippen molar-refractivity contribution in [1.82, 2.24) is 0 Å². The number of carbonyl (C=O) groups is 2. The van der Waals surface area contributed by atoms with Gasteiger partial charge in [-0.3, -0.25) is 0 Å². The van der Waals surface area contributed by atoms with Crippen LogP contribution in [-0.2, 0) is 0 Å². The topological polar surface area (TPSA) is 52.6 Å². The normalized spacial score (nSPS) is 9.90. The molecule has 4 nitrogen and oxygen atoms in total. The smallest absolute Gasteiger partial charge is 0.409 e. The average molecular weight is 311 g/mol. The van der Waals surface area contributed by atoms with Gasteiger partial charge in [0.15, 0.2) is 0 Å². The van der Waals surface area contributed by atoms with Crippen LogP contribution in [0.1, 0.15) is 0 Å². The molecular weight excluding hydrogens is 303 g/mol. The van der Waals surface area contributed by atoms with Crippen molar-refractivity contribution in [3.05, 3.63) is 48.5 Å². The molecule has 102 valence electrons. The van der Waals surface area contributed by atoms with Gasteiger partial charge in [0, 0.05) is 34.3 Å². The Bertz CT molecular complexity index is 598. The molecule has 0 aromatic heterocycles. The monoisotopic (exact) mass is 310 g/mol. The van der Waals surface area contributed by atoms with Gasteiger partial charge in [-0.25, -0.2) is 9.59 Å². The Morgan fingerprint density at radius 2 is 1.05 bits per heavy atom. The summed E-state index contributed by atoms with van der Waals surface area (Å²) in [6.45, 7) is 0. The Balaban J connectivity index is 2.51. The largest absolute Gasteiger partial charge is 0.414 e. The number of halogens is 2. The molecule has 0 unspecified atom stereocenters. The van der Waals surface area contributed by atoms with E-state index in [1.165, 1.54) is 0 Å². The molecular formula is C14H8Cl2O4. The summed E-state index contributed by atoms with van der Waals surface area (Å²) in [4.78, 5) is 21.8. The third kappa shape index (κ3) is 3.50. The van der Waals surface area contributed by atoms with Gasteiger partial charge >= 0.3 is 10.9 Å². The first-order valence-electron chi connectivity index (χ1n) is 5.51. The van der Waals surface area contributed by atoms with Crippen LogP contribution < -0.4 is 9.47 Å². The minimum Gasteiger partial charge on any atom is -0.414 e. The lowest BCUT2D eigenvalue weighted by molar-refractivity contribution is 0.224. The summed E-state index contributed by atoms with van der Waals surface area (Å²) < 4.78 is 9.83. The van der Waals surface area contributed by atoms with Crippen molar-refractivity contribution < 1.29 is 19.1 Å².